The molecule has 2 aromatic carbocycles. The monoisotopic (exact) mass is 416 g/mol. The third-order valence-corrected chi connectivity index (χ3v) is 6.20. The molecule has 0 aliphatic heterocycles. The van der Waals surface area contributed by atoms with Gasteiger partial charge in [0, 0.05) is 13.0 Å². The van der Waals surface area contributed by atoms with E-state index in [9.17, 15) is 13.2 Å². The number of nitrogens with zero attached hydrogens (tertiary/aromatic N) is 1. The molecule has 1 unspecified atom stereocenters. The molecule has 0 aromatic heterocycles. The van der Waals surface area contributed by atoms with E-state index in [1.54, 1.807) is 0 Å². The van der Waals surface area contributed by atoms with Crippen LogP contribution in [0.4, 0.5) is 5.69 Å². The molecule has 2 rings (SSSR count). The molecule has 1 amide bonds. The van der Waals surface area contributed by atoms with Gasteiger partial charge in [0.05, 0.1) is 18.0 Å². The highest BCUT2D eigenvalue weighted by Gasteiger charge is 2.20. The van der Waals surface area contributed by atoms with Gasteiger partial charge in [-0.2, -0.15) is 0 Å². The maximum Gasteiger partial charge on any atom is 0.232 e. The summed E-state index contributed by atoms with van der Waals surface area (Å²) >= 11 is 0. The summed E-state index contributed by atoms with van der Waals surface area (Å²) in [6.45, 7) is 8.18. The fourth-order valence-corrected chi connectivity index (χ4v) is 4.34. The minimum atomic E-state index is -3.43. The Kier molecular flexibility index (Phi) is 7.85. The molecule has 6 heteroatoms. The molecular weight excluding hydrogens is 384 g/mol. The molecule has 1 atom stereocenters. The van der Waals surface area contributed by atoms with E-state index in [4.69, 9.17) is 0 Å². The second-order valence-corrected chi connectivity index (χ2v) is 9.57. The lowest BCUT2D eigenvalue weighted by molar-refractivity contribution is -0.121. The highest BCUT2D eigenvalue weighted by molar-refractivity contribution is 7.92. The van der Waals surface area contributed by atoms with E-state index in [2.05, 4.69) is 5.32 Å². The van der Waals surface area contributed by atoms with Crippen molar-refractivity contribution in [1.29, 1.82) is 0 Å². The normalized spacial score (nSPS) is 12.4. The highest BCUT2D eigenvalue weighted by Crippen LogP contribution is 2.24. The summed E-state index contributed by atoms with van der Waals surface area (Å²) in [6.07, 6.45) is 2.74. The van der Waals surface area contributed by atoms with E-state index >= 15 is 0 Å². The average molecular weight is 417 g/mol. The third kappa shape index (κ3) is 6.60. The largest absolute Gasteiger partial charge is 0.349 e. The van der Waals surface area contributed by atoms with Crippen LogP contribution in [-0.2, 0) is 14.8 Å². The Morgan fingerprint density at radius 3 is 2.24 bits per heavy atom. The van der Waals surface area contributed by atoms with Gasteiger partial charge in [-0.25, -0.2) is 8.42 Å². The van der Waals surface area contributed by atoms with Gasteiger partial charge in [-0.3, -0.25) is 9.10 Å². The smallest absolute Gasteiger partial charge is 0.232 e. The van der Waals surface area contributed by atoms with Crippen LogP contribution in [0.1, 0.15) is 54.5 Å². The Labute approximate surface area is 175 Å². The summed E-state index contributed by atoms with van der Waals surface area (Å²) in [5.41, 5.74) is 4.85. The summed E-state index contributed by atoms with van der Waals surface area (Å²) in [4.78, 5) is 12.5. The van der Waals surface area contributed by atoms with E-state index in [1.807, 2.05) is 70.2 Å². The van der Waals surface area contributed by atoms with Crippen molar-refractivity contribution in [2.75, 3.05) is 17.1 Å². The van der Waals surface area contributed by atoms with Crippen LogP contribution in [0.3, 0.4) is 0 Å². The highest BCUT2D eigenvalue weighted by atomic mass is 32.2. The summed E-state index contributed by atoms with van der Waals surface area (Å²) in [5, 5.41) is 3.07. The molecule has 29 heavy (non-hydrogen) atoms. The van der Waals surface area contributed by atoms with Crippen molar-refractivity contribution in [1.82, 2.24) is 5.32 Å². The molecular formula is C23H32N2O3S. The molecule has 0 bridgehead atoms. The lowest BCUT2D eigenvalue weighted by Gasteiger charge is -2.25. The molecule has 0 saturated heterocycles. The van der Waals surface area contributed by atoms with Gasteiger partial charge in [0.25, 0.3) is 0 Å². The van der Waals surface area contributed by atoms with Crippen LogP contribution < -0.4 is 9.62 Å². The maximum atomic E-state index is 12.5. The number of amides is 1. The molecule has 0 fully saturated rings. The first-order chi connectivity index (χ1) is 13.6. The predicted octanol–water partition coefficient (Wildman–Crippen LogP) is 4.43. The van der Waals surface area contributed by atoms with Crippen molar-refractivity contribution in [2.24, 2.45) is 0 Å². The minimum absolute atomic E-state index is 0.0341. The third-order valence-electron chi connectivity index (χ3n) is 5.02. The first-order valence-corrected chi connectivity index (χ1v) is 11.9. The maximum absolute atomic E-state index is 12.5. The number of hydrogen-bond donors (Lipinski definition) is 1. The quantitative estimate of drug-likeness (QED) is 0.658. The van der Waals surface area contributed by atoms with Crippen molar-refractivity contribution in [2.45, 2.75) is 53.0 Å². The van der Waals surface area contributed by atoms with Gasteiger partial charge in [-0.05, 0) is 56.4 Å². The number of sulfonamides is 1. The Morgan fingerprint density at radius 1 is 1.03 bits per heavy atom. The van der Waals surface area contributed by atoms with Crippen LogP contribution in [0, 0.1) is 20.8 Å². The molecule has 0 radical (unpaired) electrons. The zero-order valence-electron chi connectivity index (χ0n) is 18.0. The van der Waals surface area contributed by atoms with Crippen LogP contribution in [0.5, 0.6) is 0 Å². The summed E-state index contributed by atoms with van der Waals surface area (Å²) in [6, 6.07) is 13.9. The van der Waals surface area contributed by atoms with Gasteiger partial charge in [-0.1, -0.05) is 48.9 Å². The van der Waals surface area contributed by atoms with Crippen LogP contribution in [0.25, 0.3) is 0 Å². The van der Waals surface area contributed by atoms with E-state index in [0.29, 0.717) is 12.1 Å². The van der Waals surface area contributed by atoms with Gasteiger partial charge in [0.15, 0.2) is 0 Å². The van der Waals surface area contributed by atoms with Crippen LogP contribution in [0.15, 0.2) is 42.5 Å². The van der Waals surface area contributed by atoms with E-state index in [1.165, 1.54) is 16.1 Å². The van der Waals surface area contributed by atoms with Crippen LogP contribution in [-0.4, -0.2) is 27.1 Å². The fraction of sp³-hybridized carbons (Fsp3) is 0.435. The van der Waals surface area contributed by atoms with Gasteiger partial charge in [-0.15, -0.1) is 0 Å². The van der Waals surface area contributed by atoms with Gasteiger partial charge >= 0.3 is 0 Å². The van der Waals surface area contributed by atoms with Crippen molar-refractivity contribution in [3.05, 3.63) is 64.7 Å². The second-order valence-electron chi connectivity index (χ2n) is 7.67. The minimum Gasteiger partial charge on any atom is -0.349 e. The number of carbonyl (C=O) groups excluding carboxylic acids is 1. The Morgan fingerprint density at radius 2 is 1.66 bits per heavy atom. The number of rotatable bonds is 9. The lowest BCUT2D eigenvalue weighted by atomic mass is 10.0. The SMILES string of the molecule is CCC(NC(=O)CCCN(c1cc(C)ccc1C)S(C)(=O)=O)c1ccc(C)cc1. The second kappa shape index (κ2) is 9.92. The number of nitrogens with one attached hydrogen (secondary N) is 1. The number of benzene rings is 2. The molecule has 5 nitrogen and oxygen atoms in total. The van der Waals surface area contributed by atoms with Gasteiger partial charge in [0.1, 0.15) is 0 Å². The topological polar surface area (TPSA) is 66.5 Å². The molecule has 2 aromatic rings. The van der Waals surface area contributed by atoms with Crippen LogP contribution in [0.2, 0.25) is 0 Å². The number of carbonyl (C=O) groups is 1. The molecule has 158 valence electrons. The van der Waals surface area contributed by atoms with E-state index < -0.39 is 10.0 Å². The standard InChI is InChI=1S/C23H32N2O3S/c1-6-21(20-13-10-17(2)11-14-20)24-23(26)8-7-15-25(29(5,27)28)22-16-18(3)9-12-19(22)4/h9-14,16,21H,6-8,15H2,1-5H3,(H,24,26). The summed E-state index contributed by atoms with van der Waals surface area (Å²) in [5.74, 6) is -0.0631. The van der Waals surface area contributed by atoms with Gasteiger partial charge in [0.2, 0.25) is 15.9 Å². The Balaban J connectivity index is 2.00. The first-order valence-electron chi connectivity index (χ1n) is 10.0. The van der Waals surface area contributed by atoms with Gasteiger partial charge < -0.3 is 5.32 Å². The number of aryl methyl sites for hydroxylation is 3. The number of hydrogen-bond acceptors (Lipinski definition) is 3. The lowest BCUT2D eigenvalue weighted by Crippen LogP contribution is -2.33. The van der Waals surface area contributed by atoms with E-state index in [-0.39, 0.29) is 24.9 Å². The fourth-order valence-electron chi connectivity index (χ4n) is 3.32. The zero-order valence-corrected chi connectivity index (χ0v) is 18.8. The first kappa shape index (κ1) is 22.9. The van der Waals surface area contributed by atoms with Crippen LogP contribution >= 0.6 is 0 Å². The van der Waals surface area contributed by atoms with E-state index in [0.717, 1.165) is 23.1 Å². The van der Waals surface area contributed by atoms with Crippen molar-refractivity contribution < 1.29 is 13.2 Å². The molecule has 1 N–H and O–H groups in total. The number of anilines is 1. The van der Waals surface area contributed by atoms with Crippen molar-refractivity contribution >= 4 is 21.6 Å². The summed E-state index contributed by atoms with van der Waals surface area (Å²) < 4.78 is 26.1. The molecule has 0 spiro atoms. The summed E-state index contributed by atoms with van der Waals surface area (Å²) in [7, 11) is -3.43. The zero-order chi connectivity index (χ0) is 21.6. The Bertz CT molecular complexity index is 937. The molecule has 0 aliphatic carbocycles. The predicted molar refractivity (Wildman–Crippen MR) is 120 cm³/mol. The molecule has 0 aliphatic rings. The average Bonchev–Trinajstić information content (AvgIpc) is 2.65. The molecule has 0 saturated carbocycles. The molecule has 0 heterocycles. The van der Waals surface area contributed by atoms with Crippen molar-refractivity contribution in [3.8, 4) is 0 Å². The van der Waals surface area contributed by atoms with Crippen molar-refractivity contribution in [3.63, 3.8) is 0 Å². The Hall–Kier alpha value is -2.34.